The third-order valence-corrected chi connectivity index (χ3v) is 6.48. The van der Waals surface area contributed by atoms with Crippen molar-refractivity contribution in [2.45, 2.75) is 11.4 Å². The van der Waals surface area contributed by atoms with Gasteiger partial charge in [0.15, 0.2) is 0 Å². The van der Waals surface area contributed by atoms with E-state index < -0.39 is 10.0 Å². The zero-order valence-corrected chi connectivity index (χ0v) is 15.8. The summed E-state index contributed by atoms with van der Waals surface area (Å²) in [6, 6.07) is 16.0. The molecule has 5 nitrogen and oxygen atoms in total. The van der Waals surface area contributed by atoms with Gasteiger partial charge in [0.25, 0.3) is 10.0 Å². The zero-order chi connectivity index (χ0) is 17.6. The Morgan fingerprint density at radius 1 is 1.12 bits per heavy atom. The van der Waals surface area contributed by atoms with Crippen LogP contribution in [0.25, 0.3) is 11.3 Å². The highest BCUT2D eigenvalue weighted by Gasteiger charge is 2.33. The lowest BCUT2D eigenvalue weighted by Crippen LogP contribution is -2.32. The van der Waals surface area contributed by atoms with Crippen molar-refractivity contribution >= 4 is 31.6 Å². The predicted octanol–water partition coefficient (Wildman–Crippen LogP) is 4.16. The number of anilines is 1. The molecule has 7 heteroatoms. The van der Waals surface area contributed by atoms with Gasteiger partial charge in [-0.25, -0.2) is 8.42 Å². The van der Waals surface area contributed by atoms with Crippen LogP contribution in [0, 0.1) is 0 Å². The van der Waals surface area contributed by atoms with Crippen LogP contribution in [0.1, 0.15) is 5.56 Å². The van der Waals surface area contributed by atoms with Gasteiger partial charge < -0.3 is 9.72 Å². The predicted molar refractivity (Wildman–Crippen MR) is 100 cm³/mol. The summed E-state index contributed by atoms with van der Waals surface area (Å²) in [6.07, 6.45) is 0. The second kappa shape index (κ2) is 5.93. The van der Waals surface area contributed by atoms with Crippen molar-refractivity contribution in [2.75, 3.05) is 11.4 Å². The highest BCUT2D eigenvalue weighted by Crippen LogP contribution is 2.42. The fourth-order valence-electron chi connectivity index (χ4n) is 3.05. The van der Waals surface area contributed by atoms with Crippen molar-refractivity contribution in [1.29, 1.82) is 0 Å². The lowest BCUT2D eigenvalue weighted by molar-refractivity contribution is 0.414. The van der Waals surface area contributed by atoms with Crippen LogP contribution < -0.4 is 9.04 Å². The third-order valence-electron chi connectivity index (χ3n) is 4.28. The van der Waals surface area contributed by atoms with Crippen LogP contribution in [-0.2, 0) is 16.6 Å². The van der Waals surface area contributed by atoms with E-state index >= 15 is 0 Å². The molecule has 0 spiro atoms. The molecule has 0 fully saturated rings. The Labute approximate surface area is 154 Å². The summed E-state index contributed by atoms with van der Waals surface area (Å²) in [6.45, 7) is 0.293. The first-order valence-corrected chi connectivity index (χ1v) is 9.87. The number of hydrogen-bond donors (Lipinski definition) is 1. The number of aromatic amines is 1. The lowest BCUT2D eigenvalue weighted by atomic mass is 10.0. The fraction of sp³-hybridized carbons (Fsp3) is 0.111. The molecule has 0 aliphatic carbocycles. The number of H-pyrrole nitrogens is 1. The van der Waals surface area contributed by atoms with E-state index in [1.165, 1.54) is 4.31 Å². The highest BCUT2D eigenvalue weighted by molar-refractivity contribution is 9.10. The molecule has 0 radical (unpaired) electrons. The number of rotatable bonds is 3. The summed E-state index contributed by atoms with van der Waals surface area (Å²) < 4.78 is 33.7. The number of nitrogens with one attached hydrogen (secondary N) is 1. The molecule has 128 valence electrons. The fourth-order valence-corrected chi connectivity index (χ4v) is 4.91. The smallest absolute Gasteiger partial charge is 0.264 e. The minimum atomic E-state index is -3.69. The van der Waals surface area contributed by atoms with Crippen molar-refractivity contribution in [1.82, 2.24) is 4.98 Å². The van der Waals surface area contributed by atoms with Gasteiger partial charge in [0.2, 0.25) is 0 Å². The minimum Gasteiger partial charge on any atom is -0.497 e. The monoisotopic (exact) mass is 418 g/mol. The molecule has 0 atom stereocenters. The van der Waals surface area contributed by atoms with Crippen molar-refractivity contribution in [3.05, 3.63) is 64.8 Å². The molecular weight excluding hydrogens is 404 g/mol. The number of fused-ring (bicyclic) bond motifs is 3. The first kappa shape index (κ1) is 16.2. The molecule has 1 aliphatic rings. The van der Waals surface area contributed by atoms with Crippen molar-refractivity contribution < 1.29 is 13.2 Å². The van der Waals surface area contributed by atoms with Gasteiger partial charge >= 0.3 is 0 Å². The lowest BCUT2D eigenvalue weighted by Gasteiger charge is -2.29. The van der Waals surface area contributed by atoms with E-state index in [0.29, 0.717) is 18.0 Å². The molecule has 3 aromatic rings. The van der Waals surface area contributed by atoms with Crippen LogP contribution in [0.2, 0.25) is 0 Å². The van der Waals surface area contributed by atoms with E-state index in [1.54, 1.807) is 37.4 Å². The molecule has 1 aliphatic heterocycles. The summed E-state index contributed by atoms with van der Waals surface area (Å²) >= 11 is 3.42. The van der Waals surface area contributed by atoms with Crippen LogP contribution in [0.3, 0.4) is 0 Å². The average molecular weight is 419 g/mol. The second-order valence-corrected chi connectivity index (χ2v) is 8.44. The maximum Gasteiger partial charge on any atom is 0.264 e. The zero-order valence-electron chi connectivity index (χ0n) is 13.4. The Balaban J connectivity index is 1.85. The maximum atomic E-state index is 13.2. The number of aromatic nitrogens is 1. The van der Waals surface area contributed by atoms with Crippen molar-refractivity contribution in [2.24, 2.45) is 0 Å². The first-order valence-electron chi connectivity index (χ1n) is 7.64. The van der Waals surface area contributed by atoms with Gasteiger partial charge in [0.05, 0.1) is 34.5 Å². The highest BCUT2D eigenvalue weighted by atomic mass is 79.9. The van der Waals surface area contributed by atoms with Gasteiger partial charge in [0, 0.05) is 5.56 Å². The summed E-state index contributed by atoms with van der Waals surface area (Å²) in [5.41, 5.74) is 3.41. The summed E-state index contributed by atoms with van der Waals surface area (Å²) in [7, 11) is -2.14. The van der Waals surface area contributed by atoms with Crippen LogP contribution >= 0.6 is 15.9 Å². The normalized spacial score (nSPS) is 13.3. The van der Waals surface area contributed by atoms with Gasteiger partial charge in [0.1, 0.15) is 5.75 Å². The number of methoxy groups -OCH3 is 1. The Kier molecular flexibility index (Phi) is 3.85. The number of benzene rings is 2. The Hall–Kier alpha value is -2.25. The molecule has 0 amide bonds. The van der Waals surface area contributed by atoms with Gasteiger partial charge in [-0.1, -0.05) is 24.3 Å². The number of halogens is 1. The van der Waals surface area contributed by atoms with Crippen LogP contribution in [0.15, 0.2) is 64.1 Å². The van der Waals surface area contributed by atoms with Gasteiger partial charge in [-0.2, -0.15) is 0 Å². The van der Waals surface area contributed by atoms with Gasteiger partial charge in [-0.15, -0.1) is 0 Å². The molecule has 2 aromatic carbocycles. The van der Waals surface area contributed by atoms with E-state index in [-0.39, 0.29) is 4.90 Å². The van der Waals surface area contributed by atoms with E-state index in [9.17, 15) is 8.42 Å². The molecule has 4 rings (SSSR count). The minimum absolute atomic E-state index is 0.232. The standard InChI is InChI=1S/C18H15BrN2O3S/c1-24-13-6-8-14(9-7-13)25(22,23)21-11-12-4-2-3-5-15(12)18-16(21)10-17(19)20-18/h2-10,20H,11H2,1H3. The van der Waals surface area contributed by atoms with E-state index in [2.05, 4.69) is 20.9 Å². The number of hydrogen-bond acceptors (Lipinski definition) is 3. The molecule has 0 bridgehead atoms. The molecule has 1 aromatic heterocycles. The topological polar surface area (TPSA) is 62.4 Å². The largest absolute Gasteiger partial charge is 0.497 e. The Morgan fingerprint density at radius 2 is 1.84 bits per heavy atom. The summed E-state index contributed by atoms with van der Waals surface area (Å²) in [5.74, 6) is 0.619. The molecule has 0 saturated heterocycles. The van der Waals surface area contributed by atoms with E-state index in [4.69, 9.17) is 4.74 Å². The average Bonchev–Trinajstić information content (AvgIpc) is 3.02. The number of sulfonamides is 1. The number of nitrogens with zero attached hydrogens (tertiary/aromatic N) is 1. The quantitative estimate of drug-likeness (QED) is 0.694. The van der Waals surface area contributed by atoms with Crippen molar-refractivity contribution in [3.8, 4) is 17.0 Å². The maximum absolute atomic E-state index is 13.2. The number of ether oxygens (including phenoxy) is 1. The summed E-state index contributed by atoms with van der Waals surface area (Å²) in [4.78, 5) is 3.45. The molecular formula is C18H15BrN2O3S. The first-order chi connectivity index (χ1) is 12.0. The van der Waals surface area contributed by atoms with E-state index in [0.717, 1.165) is 21.4 Å². The summed E-state index contributed by atoms with van der Waals surface area (Å²) in [5, 5.41) is 0. The second-order valence-electron chi connectivity index (χ2n) is 5.72. The molecule has 2 heterocycles. The van der Waals surface area contributed by atoms with Gasteiger partial charge in [-0.05, 0) is 51.8 Å². The molecule has 25 heavy (non-hydrogen) atoms. The Morgan fingerprint density at radius 3 is 2.56 bits per heavy atom. The molecule has 0 saturated carbocycles. The molecule has 0 unspecified atom stereocenters. The van der Waals surface area contributed by atoms with Crippen molar-refractivity contribution in [3.63, 3.8) is 0 Å². The Bertz CT molecular complexity index is 1040. The van der Waals surface area contributed by atoms with Crippen LogP contribution in [0.5, 0.6) is 5.75 Å². The third kappa shape index (κ3) is 2.63. The van der Waals surface area contributed by atoms with Crippen LogP contribution in [0.4, 0.5) is 5.69 Å². The van der Waals surface area contributed by atoms with Crippen LogP contribution in [-0.4, -0.2) is 20.5 Å². The van der Waals surface area contributed by atoms with Gasteiger partial charge in [-0.3, -0.25) is 4.31 Å². The van der Waals surface area contributed by atoms with E-state index in [1.807, 2.05) is 24.3 Å². The SMILES string of the molecule is COc1ccc(S(=O)(=O)N2Cc3ccccc3-c3[nH]c(Br)cc32)cc1. The molecule has 1 N–H and O–H groups in total.